The largest absolute Gasteiger partial charge is 0.438 e. The van der Waals surface area contributed by atoms with E-state index in [-0.39, 0.29) is 5.92 Å². The first-order chi connectivity index (χ1) is 9.52. The molecule has 0 saturated carbocycles. The number of nitrogen functional groups attached to an aromatic ring is 1. The van der Waals surface area contributed by atoms with Gasteiger partial charge in [-0.1, -0.05) is 31.5 Å². The van der Waals surface area contributed by atoms with Gasteiger partial charge in [-0.05, 0) is 30.5 Å². The van der Waals surface area contributed by atoms with Gasteiger partial charge in [0.2, 0.25) is 5.88 Å². The van der Waals surface area contributed by atoms with Gasteiger partial charge >= 0.3 is 0 Å². The van der Waals surface area contributed by atoms with Crippen LogP contribution in [0.5, 0.6) is 11.6 Å². The zero-order valence-electron chi connectivity index (χ0n) is 11.6. The topological polar surface area (TPSA) is 73.1 Å². The van der Waals surface area contributed by atoms with Crippen LogP contribution in [0.3, 0.4) is 0 Å². The summed E-state index contributed by atoms with van der Waals surface area (Å²) in [5, 5.41) is 0.614. The van der Waals surface area contributed by atoms with Crippen molar-refractivity contribution in [1.82, 2.24) is 9.97 Å². The van der Waals surface area contributed by atoms with Crippen molar-refractivity contribution < 1.29 is 4.74 Å². The standard InChI is InChI=1S/C14H17ClN4O/c1-8(2)12-13(19-16)17-7-18-14(12)20-11-6-10(15)5-4-9(11)3/h4-8H,16H2,1-3H3,(H,17,18,19). The monoisotopic (exact) mass is 292 g/mol. The Morgan fingerprint density at radius 2 is 2.05 bits per heavy atom. The van der Waals surface area contributed by atoms with Crippen LogP contribution in [-0.4, -0.2) is 9.97 Å². The van der Waals surface area contributed by atoms with E-state index in [0.29, 0.717) is 22.5 Å². The van der Waals surface area contributed by atoms with E-state index in [1.165, 1.54) is 6.33 Å². The SMILES string of the molecule is Cc1ccc(Cl)cc1Oc1ncnc(NN)c1C(C)C. The van der Waals surface area contributed by atoms with Crippen LogP contribution in [-0.2, 0) is 0 Å². The van der Waals surface area contributed by atoms with Crippen molar-refractivity contribution >= 4 is 17.4 Å². The Labute approximate surface area is 123 Å². The lowest BCUT2D eigenvalue weighted by Crippen LogP contribution is -2.13. The quantitative estimate of drug-likeness (QED) is 0.665. The predicted octanol–water partition coefficient (Wildman–Crippen LogP) is 3.64. The molecule has 1 heterocycles. The Kier molecular flexibility index (Phi) is 4.42. The van der Waals surface area contributed by atoms with E-state index >= 15 is 0 Å². The number of rotatable bonds is 4. The van der Waals surface area contributed by atoms with Crippen molar-refractivity contribution in [2.24, 2.45) is 5.84 Å². The molecule has 0 aliphatic carbocycles. The maximum Gasteiger partial charge on any atom is 0.227 e. The van der Waals surface area contributed by atoms with Crippen LogP contribution in [0.4, 0.5) is 5.82 Å². The number of hydrogen-bond acceptors (Lipinski definition) is 5. The van der Waals surface area contributed by atoms with Crippen LogP contribution in [0.25, 0.3) is 0 Å². The van der Waals surface area contributed by atoms with Crippen molar-refractivity contribution in [2.75, 3.05) is 5.43 Å². The van der Waals surface area contributed by atoms with E-state index in [9.17, 15) is 0 Å². The van der Waals surface area contributed by atoms with Crippen LogP contribution in [0, 0.1) is 6.92 Å². The van der Waals surface area contributed by atoms with Crippen LogP contribution < -0.4 is 16.0 Å². The van der Waals surface area contributed by atoms with Crippen molar-refractivity contribution in [2.45, 2.75) is 26.7 Å². The number of halogens is 1. The average Bonchev–Trinajstić information content (AvgIpc) is 2.42. The van der Waals surface area contributed by atoms with Crippen molar-refractivity contribution in [3.05, 3.63) is 40.7 Å². The molecule has 20 heavy (non-hydrogen) atoms. The highest BCUT2D eigenvalue weighted by Gasteiger charge is 2.17. The molecular weight excluding hydrogens is 276 g/mol. The molecule has 0 aliphatic rings. The fraction of sp³-hybridized carbons (Fsp3) is 0.286. The number of hydrogen-bond donors (Lipinski definition) is 2. The molecule has 5 nitrogen and oxygen atoms in total. The maximum atomic E-state index is 6.00. The summed E-state index contributed by atoms with van der Waals surface area (Å²) in [5.74, 6) is 7.36. The molecule has 0 spiro atoms. The number of benzene rings is 1. The molecule has 0 fully saturated rings. The number of nitrogens with zero attached hydrogens (tertiary/aromatic N) is 2. The second kappa shape index (κ2) is 6.07. The molecule has 0 amide bonds. The van der Waals surface area contributed by atoms with E-state index in [1.54, 1.807) is 6.07 Å². The third kappa shape index (κ3) is 3.00. The highest BCUT2D eigenvalue weighted by molar-refractivity contribution is 6.30. The van der Waals surface area contributed by atoms with Gasteiger partial charge in [-0.25, -0.2) is 15.8 Å². The lowest BCUT2D eigenvalue weighted by atomic mass is 10.1. The van der Waals surface area contributed by atoms with Crippen LogP contribution in [0.15, 0.2) is 24.5 Å². The fourth-order valence-electron chi connectivity index (χ4n) is 1.88. The molecule has 0 aliphatic heterocycles. The van der Waals surface area contributed by atoms with Crippen molar-refractivity contribution in [3.8, 4) is 11.6 Å². The summed E-state index contributed by atoms with van der Waals surface area (Å²) in [6.45, 7) is 6.00. The Morgan fingerprint density at radius 1 is 1.30 bits per heavy atom. The van der Waals surface area contributed by atoms with Gasteiger partial charge in [0.15, 0.2) is 5.82 Å². The number of ether oxygens (including phenoxy) is 1. The molecule has 3 N–H and O–H groups in total. The second-order valence-electron chi connectivity index (χ2n) is 4.75. The maximum absolute atomic E-state index is 6.00. The minimum absolute atomic E-state index is 0.164. The molecule has 1 aromatic carbocycles. The molecule has 1 aromatic heterocycles. The molecule has 0 bridgehead atoms. The summed E-state index contributed by atoms with van der Waals surface area (Å²) in [7, 11) is 0. The fourth-order valence-corrected chi connectivity index (χ4v) is 2.05. The molecule has 6 heteroatoms. The molecule has 106 valence electrons. The van der Waals surface area contributed by atoms with Crippen LogP contribution in [0.2, 0.25) is 5.02 Å². The number of aromatic nitrogens is 2. The van der Waals surface area contributed by atoms with Gasteiger partial charge in [0.1, 0.15) is 12.1 Å². The predicted molar refractivity (Wildman–Crippen MR) is 80.2 cm³/mol. The number of nitrogens with one attached hydrogen (secondary N) is 1. The summed E-state index contributed by atoms with van der Waals surface area (Å²) in [5.41, 5.74) is 4.38. The Morgan fingerprint density at radius 3 is 2.70 bits per heavy atom. The smallest absolute Gasteiger partial charge is 0.227 e. The first kappa shape index (κ1) is 14.6. The first-order valence-electron chi connectivity index (χ1n) is 6.28. The molecule has 0 saturated heterocycles. The van der Waals surface area contributed by atoms with Gasteiger partial charge < -0.3 is 10.2 Å². The lowest BCUT2D eigenvalue weighted by Gasteiger charge is -2.16. The Bertz CT molecular complexity index is 616. The number of aryl methyl sites for hydroxylation is 1. The Balaban J connectivity index is 2.45. The third-order valence-corrected chi connectivity index (χ3v) is 3.15. The van der Waals surface area contributed by atoms with E-state index in [1.807, 2.05) is 32.9 Å². The third-order valence-electron chi connectivity index (χ3n) is 2.92. The molecule has 2 rings (SSSR count). The minimum atomic E-state index is 0.164. The van der Waals surface area contributed by atoms with Crippen LogP contribution >= 0.6 is 11.6 Å². The van der Waals surface area contributed by atoms with E-state index in [4.69, 9.17) is 22.2 Å². The van der Waals surface area contributed by atoms with Gasteiger partial charge in [-0.15, -0.1) is 0 Å². The average molecular weight is 293 g/mol. The van der Waals surface area contributed by atoms with Crippen molar-refractivity contribution in [1.29, 1.82) is 0 Å². The minimum Gasteiger partial charge on any atom is -0.438 e. The Hall–Kier alpha value is -1.85. The van der Waals surface area contributed by atoms with Gasteiger partial charge in [-0.3, -0.25) is 0 Å². The van der Waals surface area contributed by atoms with Gasteiger partial charge in [-0.2, -0.15) is 0 Å². The normalized spacial score (nSPS) is 10.7. The summed E-state index contributed by atoms with van der Waals surface area (Å²) in [4.78, 5) is 8.31. The summed E-state index contributed by atoms with van der Waals surface area (Å²) >= 11 is 6.00. The van der Waals surface area contributed by atoms with E-state index in [2.05, 4.69) is 15.4 Å². The van der Waals surface area contributed by atoms with E-state index < -0.39 is 0 Å². The second-order valence-corrected chi connectivity index (χ2v) is 5.19. The molecule has 0 atom stereocenters. The number of hydrazine groups is 1. The highest BCUT2D eigenvalue weighted by atomic mass is 35.5. The lowest BCUT2D eigenvalue weighted by molar-refractivity contribution is 0.448. The van der Waals surface area contributed by atoms with Gasteiger partial charge in [0.05, 0.1) is 5.56 Å². The molecule has 0 unspecified atom stereocenters. The molecular formula is C14H17ClN4O. The summed E-state index contributed by atoms with van der Waals surface area (Å²) < 4.78 is 5.89. The van der Waals surface area contributed by atoms with Gasteiger partial charge in [0, 0.05) is 5.02 Å². The summed E-state index contributed by atoms with van der Waals surface area (Å²) in [6.07, 6.45) is 1.41. The molecule has 0 radical (unpaired) electrons. The zero-order valence-corrected chi connectivity index (χ0v) is 12.4. The zero-order chi connectivity index (χ0) is 14.7. The van der Waals surface area contributed by atoms with E-state index in [0.717, 1.165) is 11.1 Å². The molecule has 2 aromatic rings. The van der Waals surface area contributed by atoms with Crippen molar-refractivity contribution in [3.63, 3.8) is 0 Å². The first-order valence-corrected chi connectivity index (χ1v) is 6.66. The number of anilines is 1. The number of nitrogens with two attached hydrogens (primary N) is 1. The van der Waals surface area contributed by atoms with Crippen LogP contribution in [0.1, 0.15) is 30.9 Å². The summed E-state index contributed by atoms with van der Waals surface area (Å²) in [6, 6.07) is 5.48. The highest BCUT2D eigenvalue weighted by Crippen LogP contribution is 2.34. The van der Waals surface area contributed by atoms with Gasteiger partial charge in [0.25, 0.3) is 0 Å².